The fourth-order valence-corrected chi connectivity index (χ4v) is 4.60. The minimum atomic E-state index is -0.417. The van der Waals surface area contributed by atoms with Crippen molar-refractivity contribution in [2.75, 3.05) is 26.7 Å². The summed E-state index contributed by atoms with van der Waals surface area (Å²) in [4.78, 5) is 42.9. The molecule has 0 radical (unpaired) electrons. The maximum atomic E-state index is 13.4. The minimum Gasteiger partial charge on any atom is -0.352 e. The first kappa shape index (κ1) is 21.3. The van der Waals surface area contributed by atoms with E-state index in [-0.39, 0.29) is 36.0 Å². The Hall–Kier alpha value is -2.93. The molecule has 1 atom stereocenters. The normalized spacial score (nSPS) is 20.0. The summed E-state index contributed by atoms with van der Waals surface area (Å²) in [6.07, 6.45) is 5.81. The van der Waals surface area contributed by atoms with Gasteiger partial charge in [0.05, 0.1) is 6.04 Å². The molecule has 164 valence electrons. The molecule has 1 saturated carbocycles. The summed E-state index contributed by atoms with van der Waals surface area (Å²) in [5, 5.41) is 3.00. The van der Waals surface area contributed by atoms with E-state index in [0.717, 1.165) is 37.8 Å². The summed E-state index contributed by atoms with van der Waals surface area (Å²) in [5.41, 5.74) is 0.746. The van der Waals surface area contributed by atoms with Gasteiger partial charge in [-0.15, -0.1) is 0 Å². The highest BCUT2D eigenvalue weighted by atomic mass is 16.2. The highest BCUT2D eigenvalue weighted by molar-refractivity contribution is 5.94. The third-order valence-electron chi connectivity index (χ3n) is 6.31. The van der Waals surface area contributed by atoms with Crippen LogP contribution in [0.1, 0.15) is 47.6 Å². The van der Waals surface area contributed by atoms with Crippen LogP contribution in [0.5, 0.6) is 0 Å². The Balaban J connectivity index is 1.54. The lowest BCUT2D eigenvalue weighted by Gasteiger charge is -2.40. The largest absolute Gasteiger partial charge is 0.352 e. The second kappa shape index (κ2) is 9.47. The van der Waals surface area contributed by atoms with Crippen molar-refractivity contribution in [3.8, 4) is 0 Å². The maximum absolute atomic E-state index is 13.4. The predicted molar refractivity (Wildman–Crippen MR) is 119 cm³/mol. The van der Waals surface area contributed by atoms with Crippen molar-refractivity contribution in [1.29, 1.82) is 0 Å². The number of aromatic nitrogens is 1. The highest BCUT2D eigenvalue weighted by Gasteiger charge is 2.32. The number of amides is 2. The number of rotatable bonds is 5. The number of piperazine rings is 1. The van der Waals surface area contributed by atoms with Crippen LogP contribution in [0, 0.1) is 0 Å². The number of likely N-dealkylation sites (N-methyl/N-ethyl adjacent to an activating group) is 1. The number of pyridine rings is 1. The van der Waals surface area contributed by atoms with Crippen LogP contribution in [-0.2, 0) is 11.3 Å². The van der Waals surface area contributed by atoms with E-state index >= 15 is 0 Å². The van der Waals surface area contributed by atoms with Gasteiger partial charge < -0.3 is 19.7 Å². The van der Waals surface area contributed by atoms with Crippen LogP contribution < -0.4 is 10.9 Å². The quantitative estimate of drug-likeness (QED) is 0.800. The summed E-state index contributed by atoms with van der Waals surface area (Å²) in [5.74, 6) is -0.460. The molecule has 0 unspecified atom stereocenters. The van der Waals surface area contributed by atoms with Crippen molar-refractivity contribution < 1.29 is 9.59 Å². The Kier molecular flexibility index (Phi) is 6.51. The number of carbonyl (C=O) groups is 2. The zero-order chi connectivity index (χ0) is 21.8. The van der Waals surface area contributed by atoms with Gasteiger partial charge in [-0.3, -0.25) is 14.4 Å². The molecule has 1 aromatic heterocycles. The summed E-state index contributed by atoms with van der Waals surface area (Å²) in [7, 11) is 2.04. The predicted octanol–water partition coefficient (Wildman–Crippen LogP) is 2.04. The molecule has 7 heteroatoms. The van der Waals surface area contributed by atoms with Gasteiger partial charge in [0.15, 0.2) is 0 Å². The van der Waals surface area contributed by atoms with Crippen LogP contribution in [0.25, 0.3) is 0 Å². The molecule has 1 saturated heterocycles. The van der Waals surface area contributed by atoms with E-state index in [1.807, 2.05) is 37.4 Å². The van der Waals surface area contributed by atoms with E-state index in [2.05, 4.69) is 10.2 Å². The van der Waals surface area contributed by atoms with Crippen molar-refractivity contribution in [1.82, 2.24) is 19.7 Å². The van der Waals surface area contributed by atoms with Crippen molar-refractivity contribution in [2.45, 2.75) is 44.3 Å². The average molecular weight is 423 g/mol. The molecular formula is C24H30N4O3. The Morgan fingerprint density at radius 2 is 1.77 bits per heavy atom. The van der Waals surface area contributed by atoms with Crippen LogP contribution in [0.3, 0.4) is 0 Å². The van der Waals surface area contributed by atoms with Gasteiger partial charge in [0, 0.05) is 31.9 Å². The maximum Gasteiger partial charge on any atom is 0.263 e. The fraction of sp³-hybridized carbons (Fsp3) is 0.458. The zero-order valence-corrected chi connectivity index (χ0v) is 18.0. The van der Waals surface area contributed by atoms with Crippen LogP contribution in [-0.4, -0.2) is 58.9 Å². The molecular weight excluding hydrogens is 392 g/mol. The van der Waals surface area contributed by atoms with Crippen molar-refractivity contribution >= 4 is 11.8 Å². The summed E-state index contributed by atoms with van der Waals surface area (Å²) >= 11 is 0. The van der Waals surface area contributed by atoms with Gasteiger partial charge in [-0.25, -0.2) is 0 Å². The first-order valence-electron chi connectivity index (χ1n) is 11.1. The van der Waals surface area contributed by atoms with Crippen molar-refractivity contribution in [3.05, 3.63) is 70.1 Å². The van der Waals surface area contributed by atoms with Crippen LogP contribution in [0.2, 0.25) is 0 Å². The summed E-state index contributed by atoms with van der Waals surface area (Å²) in [6, 6.07) is 13.2. The molecule has 1 aliphatic carbocycles. The SMILES string of the molecule is CN1CCN(C(=O)c2cccn(CC(=O)NC3CCCC3)c2=O)[C@H](c2ccccc2)C1. The third-order valence-corrected chi connectivity index (χ3v) is 6.31. The van der Waals surface area contributed by atoms with Gasteiger partial charge in [-0.1, -0.05) is 43.2 Å². The Morgan fingerprint density at radius 3 is 2.52 bits per heavy atom. The molecule has 2 aromatic rings. The molecule has 1 aliphatic heterocycles. The van der Waals surface area contributed by atoms with Crippen LogP contribution in [0.15, 0.2) is 53.5 Å². The van der Waals surface area contributed by atoms with Gasteiger partial charge in [-0.2, -0.15) is 0 Å². The Bertz CT molecular complexity index is 982. The third kappa shape index (κ3) is 4.88. The molecule has 2 amide bonds. The van der Waals surface area contributed by atoms with Gasteiger partial charge in [0.2, 0.25) is 5.91 Å². The summed E-state index contributed by atoms with van der Waals surface area (Å²) < 4.78 is 1.34. The van der Waals surface area contributed by atoms with E-state index in [4.69, 9.17) is 0 Å². The number of hydrogen-bond donors (Lipinski definition) is 1. The van der Waals surface area contributed by atoms with Crippen molar-refractivity contribution in [3.63, 3.8) is 0 Å². The van der Waals surface area contributed by atoms with Gasteiger partial charge in [-0.05, 0) is 37.6 Å². The van der Waals surface area contributed by atoms with Crippen LogP contribution in [0.4, 0.5) is 0 Å². The lowest BCUT2D eigenvalue weighted by molar-refractivity contribution is -0.122. The molecule has 7 nitrogen and oxygen atoms in total. The zero-order valence-electron chi connectivity index (χ0n) is 18.0. The molecule has 4 rings (SSSR count). The standard InChI is InChI=1S/C24H30N4O3/c1-26-14-15-28(21(16-26)18-8-3-2-4-9-18)24(31)20-12-7-13-27(23(20)30)17-22(29)25-19-10-5-6-11-19/h2-4,7-9,12-13,19,21H,5-6,10-11,14-17H2,1H3,(H,25,29)/t21-/m0/s1. The number of benzene rings is 1. The molecule has 0 bridgehead atoms. The second-order valence-electron chi connectivity index (χ2n) is 8.59. The smallest absolute Gasteiger partial charge is 0.263 e. The van der Waals surface area contributed by atoms with E-state index in [1.165, 1.54) is 4.57 Å². The van der Waals surface area contributed by atoms with E-state index in [0.29, 0.717) is 13.1 Å². The Morgan fingerprint density at radius 1 is 1.03 bits per heavy atom. The number of hydrogen-bond acceptors (Lipinski definition) is 4. The van der Waals surface area contributed by atoms with E-state index in [1.54, 1.807) is 23.2 Å². The monoisotopic (exact) mass is 422 g/mol. The first-order chi connectivity index (χ1) is 15.0. The highest BCUT2D eigenvalue weighted by Crippen LogP contribution is 2.26. The second-order valence-corrected chi connectivity index (χ2v) is 8.59. The molecule has 31 heavy (non-hydrogen) atoms. The van der Waals surface area contributed by atoms with Crippen molar-refractivity contribution in [2.24, 2.45) is 0 Å². The number of nitrogens with one attached hydrogen (secondary N) is 1. The molecule has 0 spiro atoms. The lowest BCUT2D eigenvalue weighted by atomic mass is 10.0. The minimum absolute atomic E-state index is 0.0681. The van der Waals surface area contributed by atoms with Crippen LogP contribution >= 0.6 is 0 Å². The average Bonchev–Trinajstić information content (AvgIpc) is 3.28. The molecule has 2 aliphatic rings. The topological polar surface area (TPSA) is 74.7 Å². The molecule has 2 heterocycles. The first-order valence-corrected chi connectivity index (χ1v) is 11.1. The van der Waals surface area contributed by atoms with Gasteiger partial charge in [0.1, 0.15) is 12.1 Å². The Labute approximate surface area is 182 Å². The fourth-order valence-electron chi connectivity index (χ4n) is 4.60. The van der Waals surface area contributed by atoms with E-state index in [9.17, 15) is 14.4 Å². The molecule has 1 aromatic carbocycles. The number of carbonyl (C=O) groups excluding carboxylic acids is 2. The van der Waals surface area contributed by atoms with E-state index < -0.39 is 5.56 Å². The van der Waals surface area contributed by atoms with Gasteiger partial charge >= 0.3 is 0 Å². The molecule has 2 fully saturated rings. The van der Waals surface area contributed by atoms with Gasteiger partial charge in [0.25, 0.3) is 11.5 Å². The summed E-state index contributed by atoms with van der Waals surface area (Å²) in [6.45, 7) is 1.94. The lowest BCUT2D eigenvalue weighted by Crippen LogP contribution is -2.50. The number of nitrogens with zero attached hydrogens (tertiary/aromatic N) is 3. The molecule has 1 N–H and O–H groups in total.